The third-order valence-electron chi connectivity index (χ3n) is 4.48. The molecule has 0 saturated heterocycles. The molecule has 0 spiro atoms. The molecule has 4 rings (SSSR count). The Morgan fingerprint density at radius 2 is 2.03 bits per heavy atom. The molecule has 1 unspecified atom stereocenters. The summed E-state index contributed by atoms with van der Waals surface area (Å²) in [4.78, 5) is 27.5. The van der Waals surface area contributed by atoms with Crippen LogP contribution in [0, 0.1) is 18.3 Å². The number of carboxylic acid groups (broad SMARTS) is 1. The standard InChI is InChI=1S/C18H16N6O3.C2HF3O2/c1-12-6-16(27-22-12)18(25)23-9-14-4-5-21-24(14)11-15(10-23)26-17-3-2-13(7-19)8-20-17;3-2(4,5)1(6)7/h2-6,8,15H,9-11H2,1H3;(H,6,7). The Hall–Kier alpha value is -4.41. The van der Waals surface area contributed by atoms with E-state index in [9.17, 15) is 18.0 Å². The van der Waals surface area contributed by atoms with Gasteiger partial charge in [0.2, 0.25) is 11.6 Å². The molecule has 1 aliphatic heterocycles. The molecule has 0 fully saturated rings. The van der Waals surface area contributed by atoms with Crippen molar-refractivity contribution in [3.05, 3.63) is 59.4 Å². The van der Waals surface area contributed by atoms with E-state index in [0.717, 1.165) is 5.69 Å². The Morgan fingerprint density at radius 1 is 1.29 bits per heavy atom. The lowest BCUT2D eigenvalue weighted by molar-refractivity contribution is -0.192. The summed E-state index contributed by atoms with van der Waals surface area (Å²) in [6.07, 6.45) is -2.30. The Labute approximate surface area is 190 Å². The predicted molar refractivity (Wildman–Crippen MR) is 105 cm³/mol. The van der Waals surface area contributed by atoms with E-state index in [1.165, 1.54) is 6.20 Å². The lowest BCUT2D eigenvalue weighted by Gasteiger charge is -2.23. The van der Waals surface area contributed by atoms with E-state index in [4.69, 9.17) is 24.4 Å². The van der Waals surface area contributed by atoms with E-state index < -0.39 is 12.1 Å². The fourth-order valence-electron chi connectivity index (χ4n) is 2.95. The summed E-state index contributed by atoms with van der Waals surface area (Å²) in [5.41, 5.74) is 2.00. The van der Waals surface area contributed by atoms with Crippen LogP contribution in [0.2, 0.25) is 0 Å². The van der Waals surface area contributed by atoms with Gasteiger partial charge in [-0.1, -0.05) is 5.16 Å². The SMILES string of the molecule is Cc1cc(C(=O)N2Cc3ccnn3CC(Oc3ccc(C#N)cn3)C2)on1.O=C(O)C(F)(F)F. The maximum Gasteiger partial charge on any atom is 0.490 e. The van der Waals surface area contributed by atoms with Crippen molar-refractivity contribution in [2.75, 3.05) is 6.54 Å². The van der Waals surface area contributed by atoms with Gasteiger partial charge in [-0.15, -0.1) is 0 Å². The van der Waals surface area contributed by atoms with Crippen molar-refractivity contribution in [1.82, 2.24) is 24.8 Å². The monoisotopic (exact) mass is 478 g/mol. The number of aryl methyl sites for hydroxylation is 1. The Morgan fingerprint density at radius 3 is 2.59 bits per heavy atom. The van der Waals surface area contributed by atoms with Crippen molar-refractivity contribution in [2.45, 2.75) is 32.3 Å². The van der Waals surface area contributed by atoms with E-state index in [-0.39, 0.29) is 17.8 Å². The van der Waals surface area contributed by atoms with Crippen LogP contribution >= 0.6 is 0 Å². The number of pyridine rings is 1. The topological polar surface area (TPSA) is 147 Å². The lowest BCUT2D eigenvalue weighted by Crippen LogP contribution is -2.38. The first-order chi connectivity index (χ1) is 16.1. The Kier molecular flexibility index (Phi) is 7.15. The highest BCUT2D eigenvalue weighted by atomic mass is 19.4. The molecule has 0 aromatic carbocycles. The highest BCUT2D eigenvalue weighted by Crippen LogP contribution is 2.19. The summed E-state index contributed by atoms with van der Waals surface area (Å²) in [6, 6.07) is 8.78. The maximum absolute atomic E-state index is 12.8. The predicted octanol–water partition coefficient (Wildman–Crippen LogP) is 2.18. The highest BCUT2D eigenvalue weighted by Gasteiger charge is 2.38. The quantitative estimate of drug-likeness (QED) is 0.598. The van der Waals surface area contributed by atoms with Gasteiger partial charge in [-0.25, -0.2) is 9.78 Å². The second-order valence-electron chi connectivity index (χ2n) is 7.06. The van der Waals surface area contributed by atoms with Crippen molar-refractivity contribution in [2.24, 2.45) is 0 Å². The Balaban J connectivity index is 0.000000406. The lowest BCUT2D eigenvalue weighted by atomic mass is 10.2. The number of rotatable bonds is 3. The molecule has 1 N–H and O–H groups in total. The number of nitrogens with zero attached hydrogens (tertiary/aromatic N) is 6. The minimum absolute atomic E-state index is 0.190. The van der Waals surface area contributed by atoms with Crippen LogP contribution in [0.15, 0.2) is 41.2 Å². The number of hydrogen-bond donors (Lipinski definition) is 1. The normalized spacial score (nSPS) is 15.3. The number of halogens is 3. The van der Waals surface area contributed by atoms with Gasteiger partial charge in [0.1, 0.15) is 12.2 Å². The number of amides is 1. The second-order valence-corrected chi connectivity index (χ2v) is 7.06. The zero-order valence-electron chi connectivity index (χ0n) is 17.6. The van der Waals surface area contributed by atoms with Gasteiger partial charge in [-0.05, 0) is 19.1 Å². The maximum atomic E-state index is 12.8. The molecule has 34 heavy (non-hydrogen) atoms. The number of carbonyl (C=O) groups is 2. The molecule has 0 bridgehead atoms. The summed E-state index contributed by atoms with van der Waals surface area (Å²) in [5, 5.41) is 24.1. The largest absolute Gasteiger partial charge is 0.490 e. The van der Waals surface area contributed by atoms with Crippen LogP contribution in [0.5, 0.6) is 5.88 Å². The van der Waals surface area contributed by atoms with Crippen LogP contribution in [-0.2, 0) is 17.9 Å². The van der Waals surface area contributed by atoms with Crippen LogP contribution in [0.1, 0.15) is 27.5 Å². The summed E-state index contributed by atoms with van der Waals surface area (Å²) in [6.45, 7) is 2.96. The van der Waals surface area contributed by atoms with Crippen molar-refractivity contribution in [3.8, 4) is 11.9 Å². The molecule has 0 saturated carbocycles. The number of aromatic nitrogens is 4. The van der Waals surface area contributed by atoms with Gasteiger partial charge in [0.25, 0.3) is 5.91 Å². The molecule has 0 radical (unpaired) electrons. The number of carboxylic acids is 1. The fourth-order valence-corrected chi connectivity index (χ4v) is 2.95. The summed E-state index contributed by atoms with van der Waals surface area (Å²) < 4.78 is 44.6. The first-order valence-electron chi connectivity index (χ1n) is 9.63. The molecule has 4 heterocycles. The van der Waals surface area contributed by atoms with E-state index in [2.05, 4.69) is 15.2 Å². The zero-order chi connectivity index (χ0) is 24.9. The van der Waals surface area contributed by atoms with E-state index in [0.29, 0.717) is 36.8 Å². The molecule has 178 valence electrons. The average molecular weight is 478 g/mol. The first-order valence-corrected chi connectivity index (χ1v) is 9.63. The number of ether oxygens (including phenoxy) is 1. The number of nitriles is 1. The Bertz CT molecular complexity index is 1200. The van der Waals surface area contributed by atoms with Gasteiger partial charge < -0.3 is 19.3 Å². The molecule has 3 aromatic heterocycles. The first kappa shape index (κ1) is 24.2. The van der Waals surface area contributed by atoms with Gasteiger partial charge >= 0.3 is 12.1 Å². The molecule has 0 aliphatic carbocycles. The molecule has 1 atom stereocenters. The molecule has 1 aliphatic rings. The summed E-state index contributed by atoms with van der Waals surface area (Å²) >= 11 is 0. The fraction of sp³-hybridized carbons (Fsp3) is 0.300. The number of aliphatic carboxylic acids is 1. The van der Waals surface area contributed by atoms with Crippen molar-refractivity contribution < 1.29 is 37.1 Å². The van der Waals surface area contributed by atoms with Crippen LogP contribution in [0.25, 0.3) is 0 Å². The smallest absolute Gasteiger partial charge is 0.475 e. The van der Waals surface area contributed by atoms with Gasteiger partial charge in [0.15, 0.2) is 0 Å². The molecule has 1 amide bonds. The van der Waals surface area contributed by atoms with Crippen LogP contribution in [0.3, 0.4) is 0 Å². The van der Waals surface area contributed by atoms with E-state index >= 15 is 0 Å². The van der Waals surface area contributed by atoms with E-state index in [1.54, 1.807) is 36.2 Å². The molecule has 11 nitrogen and oxygen atoms in total. The summed E-state index contributed by atoms with van der Waals surface area (Å²) in [7, 11) is 0. The third-order valence-corrected chi connectivity index (χ3v) is 4.48. The number of hydrogen-bond acceptors (Lipinski definition) is 8. The van der Waals surface area contributed by atoms with Gasteiger partial charge in [0, 0.05) is 24.5 Å². The minimum Gasteiger partial charge on any atom is -0.475 e. The highest BCUT2D eigenvalue weighted by molar-refractivity contribution is 5.91. The zero-order valence-corrected chi connectivity index (χ0v) is 17.6. The van der Waals surface area contributed by atoms with Crippen LogP contribution in [-0.4, -0.2) is 60.6 Å². The summed E-state index contributed by atoms with van der Waals surface area (Å²) in [5.74, 6) is -2.44. The van der Waals surface area contributed by atoms with E-state index in [1.807, 2.05) is 16.8 Å². The van der Waals surface area contributed by atoms with Gasteiger partial charge in [0.05, 0.1) is 36.6 Å². The number of alkyl halides is 3. The molecular formula is C20H17F3N6O5. The minimum atomic E-state index is -5.08. The third kappa shape index (κ3) is 6.09. The van der Waals surface area contributed by atoms with Gasteiger partial charge in [-0.3, -0.25) is 9.48 Å². The number of fused-ring (bicyclic) bond motifs is 1. The van der Waals surface area contributed by atoms with Crippen molar-refractivity contribution in [1.29, 1.82) is 5.26 Å². The van der Waals surface area contributed by atoms with Crippen LogP contribution in [0.4, 0.5) is 13.2 Å². The van der Waals surface area contributed by atoms with Gasteiger partial charge in [-0.2, -0.15) is 23.5 Å². The number of carbonyl (C=O) groups excluding carboxylic acids is 1. The van der Waals surface area contributed by atoms with Crippen molar-refractivity contribution >= 4 is 11.9 Å². The molecule has 14 heteroatoms. The molecular weight excluding hydrogens is 461 g/mol. The molecule has 3 aromatic rings. The van der Waals surface area contributed by atoms with Crippen LogP contribution < -0.4 is 4.74 Å². The average Bonchev–Trinajstić information content (AvgIpc) is 3.38. The van der Waals surface area contributed by atoms with Crippen molar-refractivity contribution in [3.63, 3.8) is 0 Å². The second kappa shape index (κ2) is 10.0.